The van der Waals surface area contributed by atoms with Crippen LogP contribution in [-0.4, -0.2) is 29.6 Å². The second-order valence-electron chi connectivity index (χ2n) is 5.83. The molecule has 1 aliphatic heterocycles. The molecule has 0 aromatic heterocycles. The van der Waals surface area contributed by atoms with Gasteiger partial charge in [-0.2, -0.15) is 0 Å². The lowest BCUT2D eigenvalue weighted by Crippen LogP contribution is -2.40. The fraction of sp³-hybridized carbons (Fsp3) is 1.00. The summed E-state index contributed by atoms with van der Waals surface area (Å²) in [7, 11) is 0. The van der Waals surface area contributed by atoms with Crippen molar-refractivity contribution in [2.45, 2.75) is 45.2 Å². The van der Waals surface area contributed by atoms with Gasteiger partial charge in [-0.05, 0) is 45.4 Å². The number of likely N-dealkylation sites (tertiary alicyclic amines) is 1. The van der Waals surface area contributed by atoms with Crippen molar-refractivity contribution in [2.75, 3.05) is 13.1 Å². The molecule has 76 valence electrons. The SMILES string of the molecule is CC(C)(C)N1CC2C[C@@H](N)C[C@H]2C1. The summed E-state index contributed by atoms with van der Waals surface area (Å²) in [5.41, 5.74) is 6.32. The van der Waals surface area contributed by atoms with Gasteiger partial charge < -0.3 is 5.73 Å². The smallest absolute Gasteiger partial charge is 0.0125 e. The third-order valence-corrected chi connectivity index (χ3v) is 3.74. The number of hydrogen-bond acceptors (Lipinski definition) is 2. The van der Waals surface area contributed by atoms with E-state index in [2.05, 4.69) is 25.7 Å². The molecule has 1 aliphatic carbocycles. The van der Waals surface area contributed by atoms with Crippen molar-refractivity contribution < 1.29 is 0 Å². The van der Waals surface area contributed by atoms with E-state index in [1.165, 1.54) is 25.9 Å². The molecular weight excluding hydrogens is 160 g/mol. The Morgan fingerprint density at radius 3 is 1.92 bits per heavy atom. The molecule has 2 aliphatic rings. The van der Waals surface area contributed by atoms with E-state index >= 15 is 0 Å². The number of nitrogens with two attached hydrogens (primary N) is 1. The summed E-state index contributed by atoms with van der Waals surface area (Å²) in [6, 6.07) is 0.497. The number of fused-ring (bicyclic) bond motifs is 1. The van der Waals surface area contributed by atoms with E-state index in [-0.39, 0.29) is 0 Å². The molecule has 1 saturated carbocycles. The Hall–Kier alpha value is -0.0800. The van der Waals surface area contributed by atoms with E-state index in [0.717, 1.165) is 11.8 Å². The van der Waals surface area contributed by atoms with Gasteiger partial charge in [0.25, 0.3) is 0 Å². The molecule has 2 heteroatoms. The normalized spacial score (nSPS) is 41.1. The van der Waals surface area contributed by atoms with Crippen molar-refractivity contribution in [3.05, 3.63) is 0 Å². The maximum atomic E-state index is 5.96. The zero-order chi connectivity index (χ0) is 9.64. The third kappa shape index (κ3) is 1.75. The van der Waals surface area contributed by atoms with Crippen molar-refractivity contribution in [1.82, 2.24) is 4.90 Å². The van der Waals surface area contributed by atoms with Gasteiger partial charge in [-0.15, -0.1) is 0 Å². The van der Waals surface area contributed by atoms with E-state index in [1.54, 1.807) is 0 Å². The maximum absolute atomic E-state index is 5.96. The Morgan fingerprint density at radius 1 is 1.08 bits per heavy atom. The monoisotopic (exact) mass is 182 g/mol. The van der Waals surface area contributed by atoms with Crippen LogP contribution in [0.1, 0.15) is 33.6 Å². The molecule has 1 unspecified atom stereocenters. The van der Waals surface area contributed by atoms with Crippen molar-refractivity contribution in [2.24, 2.45) is 17.6 Å². The van der Waals surface area contributed by atoms with Crippen LogP contribution >= 0.6 is 0 Å². The molecule has 0 spiro atoms. The van der Waals surface area contributed by atoms with Gasteiger partial charge in [-0.3, -0.25) is 4.90 Å². The lowest BCUT2D eigenvalue weighted by Gasteiger charge is -2.32. The second kappa shape index (κ2) is 2.96. The molecule has 2 N–H and O–H groups in total. The Kier molecular flexibility index (Phi) is 2.16. The quantitative estimate of drug-likeness (QED) is 0.614. The van der Waals surface area contributed by atoms with Gasteiger partial charge in [0.05, 0.1) is 0 Å². The Labute approximate surface area is 81.5 Å². The lowest BCUT2D eigenvalue weighted by molar-refractivity contribution is 0.159. The first kappa shape index (κ1) is 9.47. The van der Waals surface area contributed by atoms with E-state index in [4.69, 9.17) is 5.73 Å². The van der Waals surface area contributed by atoms with E-state index in [1.807, 2.05) is 0 Å². The molecule has 2 nitrogen and oxygen atoms in total. The van der Waals surface area contributed by atoms with Gasteiger partial charge in [0, 0.05) is 24.7 Å². The largest absolute Gasteiger partial charge is 0.328 e. The lowest BCUT2D eigenvalue weighted by atomic mass is 10.0. The zero-order valence-electron chi connectivity index (χ0n) is 9.09. The molecule has 0 bridgehead atoms. The first-order valence-electron chi connectivity index (χ1n) is 5.47. The number of hydrogen-bond donors (Lipinski definition) is 1. The van der Waals surface area contributed by atoms with Crippen LogP contribution in [0.5, 0.6) is 0 Å². The summed E-state index contributed by atoms with van der Waals surface area (Å²) >= 11 is 0. The molecule has 13 heavy (non-hydrogen) atoms. The fourth-order valence-electron chi connectivity index (χ4n) is 2.89. The zero-order valence-corrected chi connectivity index (χ0v) is 9.09. The van der Waals surface area contributed by atoms with Crippen LogP contribution in [0, 0.1) is 11.8 Å². The van der Waals surface area contributed by atoms with Crippen molar-refractivity contribution >= 4 is 0 Å². The highest BCUT2D eigenvalue weighted by Crippen LogP contribution is 2.39. The predicted molar refractivity (Wildman–Crippen MR) is 55.5 cm³/mol. The minimum absolute atomic E-state index is 0.356. The molecular formula is C11H22N2. The van der Waals surface area contributed by atoms with Crippen molar-refractivity contribution in [3.8, 4) is 0 Å². The number of nitrogens with zero attached hydrogens (tertiary/aromatic N) is 1. The van der Waals surface area contributed by atoms with E-state index in [9.17, 15) is 0 Å². The van der Waals surface area contributed by atoms with Gasteiger partial charge in [-0.1, -0.05) is 0 Å². The van der Waals surface area contributed by atoms with Crippen LogP contribution in [0.15, 0.2) is 0 Å². The summed E-state index contributed by atoms with van der Waals surface area (Å²) < 4.78 is 0. The molecule has 0 amide bonds. The van der Waals surface area contributed by atoms with Crippen LogP contribution < -0.4 is 5.73 Å². The second-order valence-corrected chi connectivity index (χ2v) is 5.83. The Morgan fingerprint density at radius 2 is 1.54 bits per heavy atom. The third-order valence-electron chi connectivity index (χ3n) is 3.74. The minimum atomic E-state index is 0.356. The van der Waals surface area contributed by atoms with Crippen LogP contribution in [0.2, 0.25) is 0 Å². The molecule has 0 aromatic rings. The van der Waals surface area contributed by atoms with Crippen molar-refractivity contribution in [3.63, 3.8) is 0 Å². The summed E-state index contributed by atoms with van der Waals surface area (Å²) in [5, 5.41) is 0. The van der Waals surface area contributed by atoms with Crippen LogP contribution in [0.3, 0.4) is 0 Å². The molecule has 2 fully saturated rings. The van der Waals surface area contributed by atoms with E-state index in [0.29, 0.717) is 11.6 Å². The fourth-order valence-corrected chi connectivity index (χ4v) is 2.89. The maximum Gasteiger partial charge on any atom is 0.0125 e. The highest BCUT2D eigenvalue weighted by atomic mass is 15.2. The summed E-state index contributed by atoms with van der Waals surface area (Å²) in [4.78, 5) is 2.62. The van der Waals surface area contributed by atoms with Gasteiger partial charge >= 0.3 is 0 Å². The predicted octanol–water partition coefficient (Wildman–Crippen LogP) is 1.45. The van der Waals surface area contributed by atoms with Crippen LogP contribution in [0.4, 0.5) is 0 Å². The minimum Gasteiger partial charge on any atom is -0.328 e. The first-order valence-corrected chi connectivity index (χ1v) is 5.47. The average Bonchev–Trinajstić information content (AvgIpc) is 2.40. The Bertz CT molecular complexity index is 181. The highest BCUT2D eigenvalue weighted by Gasteiger charge is 2.42. The van der Waals surface area contributed by atoms with E-state index < -0.39 is 0 Å². The van der Waals surface area contributed by atoms with Crippen LogP contribution in [0.25, 0.3) is 0 Å². The molecule has 0 aromatic carbocycles. The standard InChI is InChI=1S/C11H22N2/c1-11(2,3)13-6-8-4-10(12)5-9(8)7-13/h8-10H,4-7,12H2,1-3H3/t8-,9?,10-/m0/s1. The molecule has 1 heterocycles. The molecule has 3 atom stereocenters. The van der Waals surface area contributed by atoms with Crippen LogP contribution in [-0.2, 0) is 0 Å². The number of rotatable bonds is 0. The van der Waals surface area contributed by atoms with Crippen molar-refractivity contribution in [1.29, 1.82) is 0 Å². The molecule has 2 rings (SSSR count). The highest BCUT2D eigenvalue weighted by molar-refractivity contribution is 4.96. The first-order chi connectivity index (χ1) is 5.97. The van der Waals surface area contributed by atoms with Gasteiger partial charge in [0.1, 0.15) is 0 Å². The topological polar surface area (TPSA) is 29.3 Å². The van der Waals surface area contributed by atoms with Gasteiger partial charge in [-0.25, -0.2) is 0 Å². The average molecular weight is 182 g/mol. The van der Waals surface area contributed by atoms with Gasteiger partial charge in [0.15, 0.2) is 0 Å². The summed E-state index contributed by atoms with van der Waals surface area (Å²) in [5.74, 6) is 1.79. The van der Waals surface area contributed by atoms with Gasteiger partial charge in [0.2, 0.25) is 0 Å². The summed E-state index contributed by atoms with van der Waals surface area (Å²) in [6.45, 7) is 9.50. The Balaban J connectivity index is 1.98. The summed E-state index contributed by atoms with van der Waals surface area (Å²) in [6.07, 6.45) is 2.52. The molecule has 1 saturated heterocycles. The molecule has 0 radical (unpaired) electrons.